The van der Waals surface area contributed by atoms with E-state index in [-0.39, 0.29) is 4.90 Å². The molecule has 3 rings (SSSR count). The highest BCUT2D eigenvalue weighted by atomic mass is 32.2. The summed E-state index contributed by atoms with van der Waals surface area (Å²) in [5.74, 6) is -0.854. The van der Waals surface area contributed by atoms with Gasteiger partial charge in [-0.15, -0.1) is 0 Å². The molecule has 1 amide bonds. The van der Waals surface area contributed by atoms with Crippen molar-refractivity contribution in [2.75, 3.05) is 23.3 Å². The van der Waals surface area contributed by atoms with E-state index in [9.17, 15) is 17.6 Å². The number of sulfonamides is 1. The summed E-state index contributed by atoms with van der Waals surface area (Å²) >= 11 is 0. The Labute approximate surface area is 177 Å². The fourth-order valence-corrected chi connectivity index (χ4v) is 4.88. The Morgan fingerprint density at radius 1 is 1.00 bits per heavy atom. The summed E-state index contributed by atoms with van der Waals surface area (Å²) in [6, 6.07) is 10.1. The average molecular weight is 434 g/mol. The van der Waals surface area contributed by atoms with Crippen molar-refractivity contribution in [1.82, 2.24) is 4.72 Å². The normalized spacial score (nSPS) is 15.1. The van der Waals surface area contributed by atoms with E-state index < -0.39 is 27.3 Å². The zero-order chi connectivity index (χ0) is 21.9. The number of nitrogens with zero attached hydrogens (tertiary/aromatic N) is 1. The third kappa shape index (κ3) is 5.58. The van der Waals surface area contributed by atoms with Crippen LogP contribution >= 0.6 is 0 Å². The molecule has 0 bridgehead atoms. The van der Waals surface area contributed by atoms with E-state index in [4.69, 9.17) is 0 Å². The molecule has 1 aliphatic rings. The molecule has 0 spiro atoms. The van der Waals surface area contributed by atoms with Crippen LogP contribution < -0.4 is 14.9 Å². The lowest BCUT2D eigenvalue weighted by Gasteiger charge is -2.30. The van der Waals surface area contributed by atoms with Gasteiger partial charge < -0.3 is 10.2 Å². The molecule has 162 valence electrons. The number of rotatable bonds is 5. The number of piperidine rings is 1. The first-order chi connectivity index (χ1) is 14.0. The minimum atomic E-state index is -3.68. The Kier molecular flexibility index (Phi) is 6.47. The molecule has 1 heterocycles. The summed E-state index contributed by atoms with van der Waals surface area (Å²) in [5.41, 5.74) is 0.876. The van der Waals surface area contributed by atoms with Gasteiger partial charge in [0.15, 0.2) is 0 Å². The van der Waals surface area contributed by atoms with Crippen molar-refractivity contribution in [3.8, 4) is 0 Å². The smallest absolute Gasteiger partial charge is 0.255 e. The van der Waals surface area contributed by atoms with Crippen LogP contribution in [0.25, 0.3) is 0 Å². The maximum atomic E-state index is 13.8. The number of halogens is 1. The molecular weight excluding hydrogens is 405 g/mol. The lowest BCUT2D eigenvalue weighted by Crippen LogP contribution is -2.40. The van der Waals surface area contributed by atoms with E-state index in [1.807, 2.05) is 0 Å². The summed E-state index contributed by atoms with van der Waals surface area (Å²) in [6.07, 6.45) is 3.28. The molecule has 1 fully saturated rings. The minimum absolute atomic E-state index is 0.0775. The number of hydrogen-bond acceptors (Lipinski definition) is 4. The van der Waals surface area contributed by atoms with E-state index in [0.29, 0.717) is 11.3 Å². The first-order valence-corrected chi connectivity index (χ1v) is 11.5. The lowest BCUT2D eigenvalue weighted by molar-refractivity contribution is 0.102. The predicted octanol–water partition coefficient (Wildman–Crippen LogP) is 4.15. The maximum Gasteiger partial charge on any atom is 0.255 e. The molecule has 0 atom stereocenters. The third-order valence-electron chi connectivity index (χ3n) is 4.77. The second kappa shape index (κ2) is 8.73. The number of anilines is 2. The van der Waals surface area contributed by atoms with Crippen LogP contribution in [0.5, 0.6) is 0 Å². The molecule has 2 N–H and O–H groups in total. The maximum absolute atomic E-state index is 13.8. The number of amides is 1. The van der Waals surface area contributed by atoms with E-state index >= 15 is 0 Å². The van der Waals surface area contributed by atoms with Gasteiger partial charge in [-0.2, -0.15) is 0 Å². The van der Waals surface area contributed by atoms with Crippen molar-refractivity contribution >= 4 is 27.3 Å². The Morgan fingerprint density at radius 2 is 1.63 bits per heavy atom. The molecule has 2 aromatic rings. The molecule has 0 aromatic heterocycles. The molecule has 6 nitrogen and oxygen atoms in total. The molecular formula is C22H28FN3O3S. The molecule has 2 aromatic carbocycles. The predicted molar refractivity (Wildman–Crippen MR) is 117 cm³/mol. The fourth-order valence-electron chi connectivity index (χ4n) is 3.46. The first kappa shape index (κ1) is 22.2. The quantitative estimate of drug-likeness (QED) is 0.743. The largest absolute Gasteiger partial charge is 0.370 e. The van der Waals surface area contributed by atoms with Crippen LogP contribution in [0.1, 0.15) is 50.4 Å². The van der Waals surface area contributed by atoms with Gasteiger partial charge in [0.05, 0.1) is 16.3 Å². The van der Waals surface area contributed by atoms with Gasteiger partial charge in [0, 0.05) is 24.2 Å². The van der Waals surface area contributed by atoms with E-state index in [1.165, 1.54) is 42.8 Å². The summed E-state index contributed by atoms with van der Waals surface area (Å²) in [7, 11) is -3.68. The topological polar surface area (TPSA) is 78.5 Å². The minimum Gasteiger partial charge on any atom is -0.370 e. The number of benzene rings is 2. The molecule has 8 heteroatoms. The number of carbonyl (C=O) groups is 1. The zero-order valence-corrected chi connectivity index (χ0v) is 18.4. The van der Waals surface area contributed by atoms with Gasteiger partial charge in [0.2, 0.25) is 10.0 Å². The van der Waals surface area contributed by atoms with Gasteiger partial charge in [0.25, 0.3) is 5.91 Å². The molecule has 1 aliphatic heterocycles. The second-order valence-electron chi connectivity index (χ2n) is 8.54. The highest BCUT2D eigenvalue weighted by Crippen LogP contribution is 2.30. The molecule has 0 saturated carbocycles. The van der Waals surface area contributed by atoms with Crippen LogP contribution in [-0.2, 0) is 10.0 Å². The van der Waals surface area contributed by atoms with Crippen LogP contribution in [0.4, 0.5) is 15.8 Å². The van der Waals surface area contributed by atoms with Gasteiger partial charge in [-0.3, -0.25) is 4.79 Å². The van der Waals surface area contributed by atoms with E-state index in [0.717, 1.165) is 31.6 Å². The van der Waals surface area contributed by atoms with Crippen LogP contribution in [0, 0.1) is 5.82 Å². The van der Waals surface area contributed by atoms with Crippen molar-refractivity contribution in [3.05, 3.63) is 53.8 Å². The Balaban J connectivity index is 1.79. The zero-order valence-electron chi connectivity index (χ0n) is 17.5. The lowest BCUT2D eigenvalue weighted by atomic mass is 10.1. The van der Waals surface area contributed by atoms with Crippen molar-refractivity contribution in [2.24, 2.45) is 0 Å². The van der Waals surface area contributed by atoms with Crippen LogP contribution in [0.2, 0.25) is 0 Å². The van der Waals surface area contributed by atoms with Crippen molar-refractivity contribution in [2.45, 2.75) is 50.5 Å². The first-order valence-electron chi connectivity index (χ1n) is 10.1. The van der Waals surface area contributed by atoms with Crippen LogP contribution in [0.3, 0.4) is 0 Å². The van der Waals surface area contributed by atoms with Gasteiger partial charge in [-0.1, -0.05) is 0 Å². The van der Waals surface area contributed by atoms with Crippen LogP contribution in [0.15, 0.2) is 47.4 Å². The highest BCUT2D eigenvalue weighted by Gasteiger charge is 2.22. The number of nitrogens with one attached hydrogen (secondary N) is 2. The monoisotopic (exact) mass is 433 g/mol. The molecule has 0 radical (unpaired) electrons. The highest BCUT2D eigenvalue weighted by molar-refractivity contribution is 7.89. The Hall–Kier alpha value is -2.45. The number of hydrogen-bond donors (Lipinski definition) is 2. The average Bonchev–Trinajstić information content (AvgIpc) is 2.67. The molecule has 0 aliphatic carbocycles. The van der Waals surface area contributed by atoms with Crippen molar-refractivity contribution < 1.29 is 17.6 Å². The Bertz CT molecular complexity index is 1010. The van der Waals surface area contributed by atoms with Gasteiger partial charge in [0.1, 0.15) is 5.82 Å². The fraction of sp³-hybridized carbons (Fsp3) is 0.409. The summed E-state index contributed by atoms with van der Waals surface area (Å²) in [4.78, 5) is 15.0. The Morgan fingerprint density at radius 3 is 2.23 bits per heavy atom. The molecule has 1 saturated heterocycles. The standard InChI is InChI=1S/C22H28FN3O3S/c1-22(2,3)25-30(28,29)18-10-7-16(8-11-18)21(27)24-19-15-17(23)9-12-20(19)26-13-5-4-6-14-26/h7-12,15,25H,4-6,13-14H2,1-3H3,(H,24,27). The second-order valence-corrected chi connectivity index (χ2v) is 10.2. The van der Waals surface area contributed by atoms with Gasteiger partial charge in [-0.05, 0) is 82.5 Å². The summed E-state index contributed by atoms with van der Waals surface area (Å²) in [5, 5.41) is 2.78. The van der Waals surface area contributed by atoms with Gasteiger partial charge >= 0.3 is 0 Å². The molecule has 30 heavy (non-hydrogen) atoms. The molecule has 0 unspecified atom stereocenters. The number of carbonyl (C=O) groups excluding carboxylic acids is 1. The van der Waals surface area contributed by atoms with Gasteiger partial charge in [-0.25, -0.2) is 17.5 Å². The third-order valence-corrected chi connectivity index (χ3v) is 6.54. The van der Waals surface area contributed by atoms with Crippen molar-refractivity contribution in [3.63, 3.8) is 0 Å². The van der Waals surface area contributed by atoms with E-state index in [1.54, 1.807) is 26.8 Å². The van der Waals surface area contributed by atoms with Crippen molar-refractivity contribution in [1.29, 1.82) is 0 Å². The summed E-state index contributed by atoms with van der Waals surface area (Å²) < 4.78 is 41.3. The van der Waals surface area contributed by atoms with E-state index in [2.05, 4.69) is 14.9 Å². The summed E-state index contributed by atoms with van der Waals surface area (Å²) in [6.45, 7) is 6.99. The van der Waals surface area contributed by atoms with Crippen LogP contribution in [-0.4, -0.2) is 33.0 Å². The SMILES string of the molecule is CC(C)(C)NS(=O)(=O)c1ccc(C(=O)Nc2cc(F)ccc2N2CCCCC2)cc1.